The van der Waals surface area contributed by atoms with Crippen LogP contribution in [0.15, 0.2) is 29.2 Å². The number of carbonyl (C=O) groups excluding carboxylic acids is 1. The van der Waals surface area contributed by atoms with Gasteiger partial charge in [0, 0.05) is 19.0 Å². The summed E-state index contributed by atoms with van der Waals surface area (Å²) >= 11 is 1.42. The summed E-state index contributed by atoms with van der Waals surface area (Å²) in [4.78, 5) is 22.6. The number of carbonyl (C=O) groups is 1. The summed E-state index contributed by atoms with van der Waals surface area (Å²) in [5, 5.41) is 4.80. The summed E-state index contributed by atoms with van der Waals surface area (Å²) < 4.78 is 5.74. The van der Waals surface area contributed by atoms with Gasteiger partial charge in [0.1, 0.15) is 11.8 Å². The second-order valence-electron chi connectivity index (χ2n) is 4.71. The molecule has 21 heavy (non-hydrogen) atoms. The first-order chi connectivity index (χ1) is 10.3. The lowest BCUT2D eigenvalue weighted by atomic mass is 10.1. The van der Waals surface area contributed by atoms with Crippen molar-refractivity contribution in [1.29, 1.82) is 0 Å². The molecule has 110 valence electrons. The van der Waals surface area contributed by atoms with Crippen LogP contribution in [0.25, 0.3) is 0 Å². The summed E-state index contributed by atoms with van der Waals surface area (Å²) in [5.41, 5.74) is 3.96. The Kier molecular flexibility index (Phi) is 4.12. The molecule has 0 aliphatic carbocycles. The van der Waals surface area contributed by atoms with Gasteiger partial charge in [-0.2, -0.15) is 0 Å². The van der Waals surface area contributed by atoms with Crippen molar-refractivity contribution < 1.29 is 9.53 Å². The van der Waals surface area contributed by atoms with E-state index in [2.05, 4.69) is 15.3 Å². The molecule has 0 spiro atoms. The summed E-state index contributed by atoms with van der Waals surface area (Å²) in [6, 6.07) is 3.88. The predicted octanol–water partition coefficient (Wildman–Crippen LogP) is 1.79. The van der Waals surface area contributed by atoms with E-state index >= 15 is 0 Å². The van der Waals surface area contributed by atoms with E-state index in [0.717, 1.165) is 11.4 Å². The molecule has 1 unspecified atom stereocenters. The fourth-order valence-corrected chi connectivity index (χ4v) is 2.76. The Morgan fingerprint density at radius 2 is 2.38 bits per heavy atom. The number of hydrogen-bond donors (Lipinski definition) is 1. The Balaban J connectivity index is 1.71. The topological polar surface area (TPSA) is 67.4 Å². The highest BCUT2D eigenvalue weighted by atomic mass is 32.1. The maximum Gasteiger partial charge on any atom is 0.273 e. The maximum absolute atomic E-state index is 12.3. The fraction of sp³-hybridized carbons (Fsp3) is 0.357. The number of morpholine rings is 1. The monoisotopic (exact) mass is 304 g/mol. The smallest absolute Gasteiger partial charge is 0.273 e. The van der Waals surface area contributed by atoms with Crippen molar-refractivity contribution in [2.24, 2.45) is 0 Å². The van der Waals surface area contributed by atoms with Crippen LogP contribution in [0.1, 0.15) is 22.3 Å². The van der Waals surface area contributed by atoms with E-state index in [0.29, 0.717) is 25.4 Å². The molecule has 1 N–H and O–H groups in total. The zero-order chi connectivity index (χ0) is 14.7. The lowest BCUT2D eigenvalue weighted by molar-refractivity contribution is -0.0248. The lowest BCUT2D eigenvalue weighted by Gasteiger charge is -2.32. The number of nitrogens with one attached hydrogen (secondary N) is 1. The Morgan fingerprint density at radius 1 is 1.48 bits per heavy atom. The van der Waals surface area contributed by atoms with Crippen LogP contribution in [0.5, 0.6) is 0 Å². The average molecular weight is 304 g/mol. The maximum atomic E-state index is 12.3. The third-order valence-electron chi connectivity index (χ3n) is 3.41. The third-order valence-corrected chi connectivity index (χ3v) is 4.00. The molecule has 1 atom stereocenters. The molecule has 6 nitrogen and oxygen atoms in total. The van der Waals surface area contributed by atoms with Crippen molar-refractivity contribution >= 4 is 22.9 Å². The van der Waals surface area contributed by atoms with E-state index in [1.807, 2.05) is 19.2 Å². The van der Waals surface area contributed by atoms with E-state index in [9.17, 15) is 4.79 Å². The van der Waals surface area contributed by atoms with Crippen molar-refractivity contribution in [1.82, 2.24) is 14.9 Å². The van der Waals surface area contributed by atoms with Crippen molar-refractivity contribution in [3.8, 4) is 0 Å². The molecule has 2 aromatic heterocycles. The summed E-state index contributed by atoms with van der Waals surface area (Å²) in [5.74, 6) is -0.0450. The molecule has 3 heterocycles. The van der Waals surface area contributed by atoms with Crippen LogP contribution in [-0.4, -0.2) is 47.5 Å². The number of thiazole rings is 1. The van der Waals surface area contributed by atoms with Crippen molar-refractivity contribution in [2.75, 3.05) is 32.1 Å². The van der Waals surface area contributed by atoms with E-state index in [1.165, 1.54) is 11.3 Å². The fourth-order valence-electron chi connectivity index (χ4n) is 2.24. The number of amides is 1. The minimum Gasteiger partial charge on any atom is -0.387 e. The second-order valence-corrected chi connectivity index (χ2v) is 5.42. The molecule has 1 aliphatic heterocycles. The van der Waals surface area contributed by atoms with Crippen molar-refractivity contribution in [3.05, 3.63) is 40.6 Å². The van der Waals surface area contributed by atoms with Gasteiger partial charge in [0.05, 0.1) is 36.2 Å². The minimum atomic E-state index is -0.188. The van der Waals surface area contributed by atoms with Crippen LogP contribution in [0.4, 0.5) is 5.69 Å². The number of nitrogens with zero attached hydrogens (tertiary/aromatic N) is 3. The van der Waals surface area contributed by atoms with Gasteiger partial charge in [0.15, 0.2) is 0 Å². The standard InChI is InChI=1S/C14H16N4O2S/c1-15-10-2-3-11(16-6-10)13-7-18(4-5-20-13)14(19)12-8-21-9-17-12/h2-3,6,8-9,13,15H,4-5,7H2,1H3. The van der Waals surface area contributed by atoms with E-state index in [-0.39, 0.29) is 12.0 Å². The number of rotatable bonds is 3. The van der Waals surface area contributed by atoms with Crippen LogP contribution < -0.4 is 5.32 Å². The number of aromatic nitrogens is 2. The van der Waals surface area contributed by atoms with Gasteiger partial charge in [-0.25, -0.2) is 4.98 Å². The van der Waals surface area contributed by atoms with Gasteiger partial charge in [-0.1, -0.05) is 0 Å². The van der Waals surface area contributed by atoms with Gasteiger partial charge < -0.3 is 15.0 Å². The molecule has 3 rings (SSSR count). The highest BCUT2D eigenvalue weighted by molar-refractivity contribution is 7.07. The molecular weight excluding hydrogens is 288 g/mol. The number of pyridine rings is 1. The molecule has 0 radical (unpaired) electrons. The average Bonchev–Trinajstić information content (AvgIpc) is 3.09. The van der Waals surface area contributed by atoms with E-state index in [4.69, 9.17) is 4.74 Å². The van der Waals surface area contributed by atoms with Gasteiger partial charge in [0.2, 0.25) is 0 Å². The molecule has 1 fully saturated rings. The molecule has 2 aromatic rings. The minimum absolute atomic E-state index is 0.0450. The molecule has 0 saturated carbocycles. The number of anilines is 1. The van der Waals surface area contributed by atoms with E-state index < -0.39 is 0 Å². The van der Waals surface area contributed by atoms with Crippen molar-refractivity contribution in [2.45, 2.75) is 6.10 Å². The Morgan fingerprint density at radius 3 is 3.05 bits per heavy atom. The van der Waals surface area contributed by atoms with Crippen LogP contribution >= 0.6 is 11.3 Å². The predicted molar refractivity (Wildman–Crippen MR) is 80.5 cm³/mol. The quantitative estimate of drug-likeness (QED) is 0.936. The van der Waals surface area contributed by atoms with Gasteiger partial charge in [-0.15, -0.1) is 11.3 Å². The largest absolute Gasteiger partial charge is 0.387 e. The van der Waals surface area contributed by atoms with E-state index in [1.54, 1.807) is 22.0 Å². The molecule has 0 aromatic carbocycles. The number of ether oxygens (including phenoxy) is 1. The summed E-state index contributed by atoms with van der Waals surface area (Å²) in [6.07, 6.45) is 1.58. The zero-order valence-corrected chi connectivity index (χ0v) is 12.5. The van der Waals surface area contributed by atoms with Crippen LogP contribution in [0, 0.1) is 0 Å². The Hall–Kier alpha value is -1.99. The normalized spacial score (nSPS) is 18.5. The van der Waals surface area contributed by atoms with Gasteiger partial charge in [-0.05, 0) is 12.1 Å². The Bertz CT molecular complexity index is 600. The highest BCUT2D eigenvalue weighted by Crippen LogP contribution is 2.22. The number of hydrogen-bond acceptors (Lipinski definition) is 6. The summed E-state index contributed by atoms with van der Waals surface area (Å²) in [7, 11) is 1.85. The molecule has 0 bridgehead atoms. The lowest BCUT2D eigenvalue weighted by Crippen LogP contribution is -2.42. The molecule has 1 amide bonds. The van der Waals surface area contributed by atoms with Gasteiger partial charge >= 0.3 is 0 Å². The molecule has 1 aliphatic rings. The van der Waals surface area contributed by atoms with Gasteiger partial charge in [0.25, 0.3) is 5.91 Å². The zero-order valence-electron chi connectivity index (χ0n) is 11.7. The first-order valence-electron chi connectivity index (χ1n) is 6.70. The third kappa shape index (κ3) is 3.03. The molecular formula is C14H16N4O2S. The first kappa shape index (κ1) is 14.0. The highest BCUT2D eigenvalue weighted by Gasteiger charge is 2.27. The van der Waals surface area contributed by atoms with Crippen LogP contribution in [0.3, 0.4) is 0 Å². The SMILES string of the molecule is CNc1ccc(C2CN(C(=O)c3cscn3)CCO2)nc1. The second kappa shape index (κ2) is 6.19. The van der Waals surface area contributed by atoms with Crippen LogP contribution in [0.2, 0.25) is 0 Å². The van der Waals surface area contributed by atoms with Crippen LogP contribution in [-0.2, 0) is 4.74 Å². The first-order valence-corrected chi connectivity index (χ1v) is 7.65. The molecule has 7 heteroatoms. The Labute approximate surface area is 126 Å². The molecule has 1 saturated heterocycles. The van der Waals surface area contributed by atoms with Gasteiger partial charge in [-0.3, -0.25) is 9.78 Å². The summed E-state index contributed by atoms with van der Waals surface area (Å²) in [6.45, 7) is 1.60. The van der Waals surface area contributed by atoms with Crippen molar-refractivity contribution in [3.63, 3.8) is 0 Å².